The molecule has 0 aromatic carbocycles. The maximum atomic E-state index is 5.81. The van der Waals surface area contributed by atoms with Crippen molar-refractivity contribution in [2.75, 3.05) is 26.2 Å². The summed E-state index contributed by atoms with van der Waals surface area (Å²) in [5.74, 6) is 1.06. The minimum atomic E-state index is 0.409. The lowest BCUT2D eigenvalue weighted by atomic mass is 10.1. The Morgan fingerprint density at radius 3 is 2.89 bits per heavy atom. The minimum Gasteiger partial charge on any atom is -0.378 e. The van der Waals surface area contributed by atoms with E-state index in [9.17, 15) is 0 Å². The molecule has 0 atom stereocenters. The molecule has 0 unspecified atom stereocenters. The number of aromatic nitrogens is 3. The van der Waals surface area contributed by atoms with E-state index < -0.39 is 0 Å². The lowest BCUT2D eigenvalue weighted by molar-refractivity contribution is 0.00492. The van der Waals surface area contributed by atoms with Crippen LogP contribution >= 0.6 is 0 Å². The molecule has 108 valence electrons. The van der Waals surface area contributed by atoms with Gasteiger partial charge in [-0.1, -0.05) is 0 Å². The molecule has 1 aromatic rings. The highest BCUT2D eigenvalue weighted by Gasteiger charge is 2.20. The van der Waals surface area contributed by atoms with Crippen LogP contribution in [0.25, 0.3) is 0 Å². The van der Waals surface area contributed by atoms with Crippen LogP contribution in [0.2, 0.25) is 0 Å². The number of rotatable bonds is 7. The monoisotopic (exact) mass is 267 g/mol. The van der Waals surface area contributed by atoms with Crippen LogP contribution in [0.15, 0.2) is 6.33 Å². The molecule has 1 aliphatic heterocycles. The highest BCUT2D eigenvalue weighted by Crippen LogP contribution is 2.15. The van der Waals surface area contributed by atoms with Crippen LogP contribution in [-0.2, 0) is 17.8 Å². The fourth-order valence-corrected chi connectivity index (χ4v) is 2.44. The second-order valence-corrected chi connectivity index (χ2v) is 4.98. The predicted octanol–water partition coefficient (Wildman–Crippen LogP) is 0.628. The van der Waals surface area contributed by atoms with Gasteiger partial charge in [-0.2, -0.15) is 5.10 Å². The van der Waals surface area contributed by atoms with Gasteiger partial charge in [-0.3, -0.25) is 4.90 Å². The molecule has 2 rings (SSSR count). The van der Waals surface area contributed by atoms with Crippen LogP contribution in [0.4, 0.5) is 0 Å². The van der Waals surface area contributed by atoms with Crippen LogP contribution in [0, 0.1) is 0 Å². The van der Waals surface area contributed by atoms with Gasteiger partial charge in [0.25, 0.3) is 0 Å². The Balaban J connectivity index is 1.71. The van der Waals surface area contributed by atoms with Crippen molar-refractivity contribution >= 4 is 0 Å². The molecule has 0 spiro atoms. The summed E-state index contributed by atoms with van der Waals surface area (Å²) in [4.78, 5) is 6.76. The van der Waals surface area contributed by atoms with Crippen LogP contribution in [0.3, 0.4) is 0 Å². The third-order valence-electron chi connectivity index (χ3n) is 3.60. The molecular formula is C13H25N5O. The first kappa shape index (κ1) is 14.4. The fourth-order valence-electron chi connectivity index (χ4n) is 2.44. The molecule has 6 heteroatoms. The number of nitrogens with two attached hydrogens (primary N) is 1. The molecule has 0 radical (unpaired) electrons. The largest absolute Gasteiger partial charge is 0.378 e. The van der Waals surface area contributed by atoms with Gasteiger partial charge in [0, 0.05) is 26.2 Å². The maximum absolute atomic E-state index is 5.81. The first-order valence-corrected chi connectivity index (χ1v) is 7.24. The summed E-state index contributed by atoms with van der Waals surface area (Å²) >= 11 is 0. The molecule has 1 aliphatic rings. The lowest BCUT2D eigenvalue weighted by Gasteiger charge is -2.31. The Kier molecular flexibility index (Phi) is 5.75. The average molecular weight is 267 g/mol. The van der Waals surface area contributed by atoms with E-state index in [1.807, 2.05) is 4.68 Å². The average Bonchev–Trinajstić information content (AvgIpc) is 2.88. The van der Waals surface area contributed by atoms with Gasteiger partial charge in [0.1, 0.15) is 12.2 Å². The van der Waals surface area contributed by atoms with Crippen molar-refractivity contribution in [1.29, 1.82) is 0 Å². The topological polar surface area (TPSA) is 69.2 Å². The second-order valence-electron chi connectivity index (χ2n) is 4.98. The Labute approximate surface area is 114 Å². The Bertz CT molecular complexity index is 360. The molecule has 0 saturated carbocycles. The van der Waals surface area contributed by atoms with Gasteiger partial charge >= 0.3 is 0 Å². The van der Waals surface area contributed by atoms with Gasteiger partial charge in [-0.15, -0.1) is 0 Å². The zero-order valence-electron chi connectivity index (χ0n) is 11.8. The van der Waals surface area contributed by atoms with Crippen molar-refractivity contribution < 1.29 is 4.74 Å². The third kappa shape index (κ3) is 4.26. The van der Waals surface area contributed by atoms with Crippen LogP contribution < -0.4 is 5.73 Å². The highest BCUT2D eigenvalue weighted by atomic mass is 16.5. The van der Waals surface area contributed by atoms with Crippen LogP contribution in [0.5, 0.6) is 0 Å². The summed E-state index contributed by atoms with van der Waals surface area (Å²) < 4.78 is 7.77. The van der Waals surface area contributed by atoms with E-state index in [2.05, 4.69) is 21.9 Å². The van der Waals surface area contributed by atoms with Crippen molar-refractivity contribution in [2.45, 2.75) is 45.4 Å². The van der Waals surface area contributed by atoms with Gasteiger partial charge in [-0.25, -0.2) is 9.67 Å². The van der Waals surface area contributed by atoms with Crippen molar-refractivity contribution in [1.82, 2.24) is 19.7 Å². The van der Waals surface area contributed by atoms with Gasteiger partial charge in [0.05, 0.1) is 12.6 Å². The van der Waals surface area contributed by atoms with E-state index in [4.69, 9.17) is 10.5 Å². The molecule has 0 aliphatic carbocycles. The summed E-state index contributed by atoms with van der Waals surface area (Å²) in [6.45, 7) is 7.53. The van der Waals surface area contributed by atoms with E-state index in [1.54, 1.807) is 6.33 Å². The number of likely N-dealkylation sites (tertiary alicyclic amines) is 1. The van der Waals surface area contributed by atoms with Gasteiger partial charge in [0.15, 0.2) is 0 Å². The second kappa shape index (κ2) is 7.57. The Morgan fingerprint density at radius 2 is 2.21 bits per heavy atom. The van der Waals surface area contributed by atoms with Gasteiger partial charge in [0.2, 0.25) is 0 Å². The molecule has 2 heterocycles. The summed E-state index contributed by atoms with van der Waals surface area (Å²) in [5, 5.41) is 4.21. The predicted molar refractivity (Wildman–Crippen MR) is 73.6 cm³/mol. The summed E-state index contributed by atoms with van der Waals surface area (Å²) in [7, 11) is 0. The quantitative estimate of drug-likeness (QED) is 0.734. The molecule has 0 amide bonds. The third-order valence-corrected chi connectivity index (χ3v) is 3.60. The van der Waals surface area contributed by atoms with E-state index in [0.717, 1.165) is 57.9 Å². The van der Waals surface area contributed by atoms with E-state index >= 15 is 0 Å². The summed E-state index contributed by atoms with van der Waals surface area (Å²) in [5.41, 5.74) is 5.47. The first-order chi connectivity index (χ1) is 9.33. The van der Waals surface area contributed by atoms with E-state index in [-0.39, 0.29) is 0 Å². The van der Waals surface area contributed by atoms with Crippen LogP contribution in [-0.4, -0.2) is 52.0 Å². The van der Waals surface area contributed by atoms with Crippen molar-refractivity contribution in [3.63, 3.8) is 0 Å². The van der Waals surface area contributed by atoms with Crippen LogP contribution in [0.1, 0.15) is 32.0 Å². The smallest absolute Gasteiger partial charge is 0.140 e. The molecular weight excluding hydrogens is 242 g/mol. The number of nitrogens with zero attached hydrogens (tertiary/aromatic N) is 4. The van der Waals surface area contributed by atoms with Crippen molar-refractivity contribution in [3.8, 4) is 0 Å². The molecule has 1 saturated heterocycles. The number of aryl methyl sites for hydroxylation is 1. The molecule has 1 fully saturated rings. The summed E-state index contributed by atoms with van der Waals surface area (Å²) in [6.07, 6.45) is 5.21. The zero-order valence-corrected chi connectivity index (χ0v) is 11.8. The molecule has 2 N–H and O–H groups in total. The molecule has 19 heavy (non-hydrogen) atoms. The Morgan fingerprint density at radius 1 is 1.42 bits per heavy atom. The minimum absolute atomic E-state index is 0.409. The van der Waals surface area contributed by atoms with Crippen molar-refractivity contribution in [3.05, 3.63) is 12.2 Å². The SMILES string of the molecule is CCn1ncnc1CN1CCC(OCCCN)CC1. The molecule has 6 nitrogen and oxygen atoms in total. The maximum Gasteiger partial charge on any atom is 0.140 e. The van der Waals surface area contributed by atoms with E-state index in [1.165, 1.54) is 0 Å². The molecule has 0 bridgehead atoms. The van der Waals surface area contributed by atoms with E-state index in [0.29, 0.717) is 12.6 Å². The Hall–Kier alpha value is -0.980. The zero-order chi connectivity index (χ0) is 13.5. The number of ether oxygens (including phenoxy) is 1. The number of hydrogen-bond donors (Lipinski definition) is 1. The van der Waals surface area contributed by atoms with Crippen molar-refractivity contribution in [2.24, 2.45) is 5.73 Å². The highest BCUT2D eigenvalue weighted by molar-refractivity contribution is 4.86. The van der Waals surface area contributed by atoms with Gasteiger partial charge < -0.3 is 10.5 Å². The first-order valence-electron chi connectivity index (χ1n) is 7.24. The lowest BCUT2D eigenvalue weighted by Crippen LogP contribution is -2.37. The standard InChI is InChI=1S/C13H25N5O/c1-2-18-13(15-11-16-18)10-17-7-4-12(5-8-17)19-9-3-6-14/h11-12H,2-10,14H2,1H3. The number of piperidine rings is 1. The normalized spacial score (nSPS) is 18.0. The van der Waals surface area contributed by atoms with Gasteiger partial charge in [-0.05, 0) is 32.7 Å². The number of hydrogen-bond acceptors (Lipinski definition) is 5. The summed E-state index contributed by atoms with van der Waals surface area (Å²) in [6, 6.07) is 0. The fraction of sp³-hybridized carbons (Fsp3) is 0.846. The molecule has 1 aromatic heterocycles.